The summed E-state index contributed by atoms with van der Waals surface area (Å²) in [4.78, 5) is 11.7. The van der Waals surface area contributed by atoms with Gasteiger partial charge in [0.25, 0.3) is 0 Å². The summed E-state index contributed by atoms with van der Waals surface area (Å²) in [5, 5.41) is 9.57. The standard InChI is InChI=1S/C26H38O4/c1-7-8-9-10-13-25(2,3)18-15-21(29-6)23-19-14-17(24(27)28)11-12-20(19)26(4,5)30-22(23)16-18/h11,15-16,19-20H,7-10,12-14H2,1-6H3,(H,27,28)/t19-,20-/m1/s1. The fraction of sp³-hybridized carbons (Fsp3) is 0.654. The smallest absolute Gasteiger partial charge is 0.331 e. The molecule has 4 heteroatoms. The van der Waals surface area contributed by atoms with E-state index in [1.165, 1.54) is 31.2 Å². The van der Waals surface area contributed by atoms with E-state index >= 15 is 0 Å². The zero-order chi connectivity index (χ0) is 22.1. The number of fused-ring (bicyclic) bond motifs is 3. The minimum atomic E-state index is -0.817. The SMILES string of the molecule is CCCCCCC(C)(C)c1cc(OC)c2c(c1)OC(C)(C)[C@@H]1CC=C(C(=O)O)C[C@@H]21. The number of carboxylic acid groups (broad SMARTS) is 1. The summed E-state index contributed by atoms with van der Waals surface area (Å²) in [5.41, 5.74) is 2.45. The Labute approximate surface area is 181 Å². The van der Waals surface area contributed by atoms with Crippen molar-refractivity contribution in [2.24, 2.45) is 5.92 Å². The van der Waals surface area contributed by atoms with Crippen LogP contribution in [0.25, 0.3) is 0 Å². The molecule has 0 spiro atoms. The summed E-state index contributed by atoms with van der Waals surface area (Å²) in [5.74, 6) is 1.21. The lowest BCUT2D eigenvalue weighted by Crippen LogP contribution is -2.46. The molecule has 1 aromatic rings. The van der Waals surface area contributed by atoms with E-state index in [2.05, 4.69) is 46.8 Å². The van der Waals surface area contributed by atoms with Gasteiger partial charge in [0.05, 0.1) is 7.11 Å². The monoisotopic (exact) mass is 414 g/mol. The van der Waals surface area contributed by atoms with Crippen LogP contribution >= 0.6 is 0 Å². The van der Waals surface area contributed by atoms with Crippen LogP contribution in [0, 0.1) is 5.92 Å². The molecule has 0 bridgehead atoms. The number of carbonyl (C=O) groups is 1. The molecule has 0 saturated heterocycles. The molecular weight excluding hydrogens is 376 g/mol. The largest absolute Gasteiger partial charge is 0.496 e. The fourth-order valence-corrected chi connectivity index (χ4v) is 5.25. The Morgan fingerprint density at radius 2 is 2.00 bits per heavy atom. The van der Waals surface area contributed by atoms with Gasteiger partial charge in [-0.2, -0.15) is 0 Å². The molecule has 0 saturated carbocycles. The van der Waals surface area contributed by atoms with E-state index in [1.807, 2.05) is 6.08 Å². The third kappa shape index (κ3) is 4.38. The fourth-order valence-electron chi connectivity index (χ4n) is 5.25. The highest BCUT2D eigenvalue weighted by Gasteiger charge is 2.47. The Bertz CT molecular complexity index is 819. The van der Waals surface area contributed by atoms with Crippen molar-refractivity contribution < 1.29 is 19.4 Å². The minimum absolute atomic E-state index is 0.0269. The van der Waals surface area contributed by atoms with Crippen molar-refractivity contribution >= 4 is 5.97 Å². The van der Waals surface area contributed by atoms with Crippen LogP contribution in [0.1, 0.15) is 96.6 Å². The Hall–Kier alpha value is -1.97. The van der Waals surface area contributed by atoms with Gasteiger partial charge in [0, 0.05) is 23.0 Å². The van der Waals surface area contributed by atoms with Crippen LogP contribution in [0.4, 0.5) is 0 Å². The Morgan fingerprint density at radius 1 is 1.27 bits per heavy atom. The molecule has 0 aromatic heterocycles. The Morgan fingerprint density at radius 3 is 2.63 bits per heavy atom. The highest BCUT2D eigenvalue weighted by molar-refractivity contribution is 5.87. The lowest BCUT2D eigenvalue weighted by atomic mass is 9.66. The van der Waals surface area contributed by atoms with Crippen molar-refractivity contribution in [3.8, 4) is 11.5 Å². The molecule has 0 fully saturated rings. The van der Waals surface area contributed by atoms with E-state index in [9.17, 15) is 9.90 Å². The molecule has 2 aliphatic rings. The van der Waals surface area contributed by atoms with E-state index in [1.54, 1.807) is 7.11 Å². The van der Waals surface area contributed by atoms with Crippen LogP contribution in [0.5, 0.6) is 11.5 Å². The van der Waals surface area contributed by atoms with E-state index in [-0.39, 0.29) is 22.9 Å². The van der Waals surface area contributed by atoms with Crippen LogP contribution < -0.4 is 9.47 Å². The quantitative estimate of drug-likeness (QED) is 0.486. The van der Waals surface area contributed by atoms with Crippen molar-refractivity contribution in [2.75, 3.05) is 7.11 Å². The number of hydrogen-bond acceptors (Lipinski definition) is 3. The molecule has 2 atom stereocenters. The van der Waals surface area contributed by atoms with E-state index in [4.69, 9.17) is 9.47 Å². The van der Waals surface area contributed by atoms with Crippen molar-refractivity contribution in [2.45, 2.75) is 96.5 Å². The predicted octanol–water partition coefficient (Wildman–Crippen LogP) is 6.62. The zero-order valence-corrected chi connectivity index (χ0v) is 19.5. The zero-order valence-electron chi connectivity index (χ0n) is 19.5. The average molecular weight is 415 g/mol. The number of allylic oxidation sites excluding steroid dienone is 1. The van der Waals surface area contributed by atoms with Gasteiger partial charge in [0.2, 0.25) is 0 Å². The molecule has 1 N–H and O–H groups in total. The number of ether oxygens (including phenoxy) is 2. The first-order valence-electron chi connectivity index (χ1n) is 11.4. The molecule has 1 heterocycles. The number of hydrogen-bond donors (Lipinski definition) is 1. The summed E-state index contributed by atoms with van der Waals surface area (Å²) < 4.78 is 12.4. The van der Waals surface area contributed by atoms with Gasteiger partial charge < -0.3 is 14.6 Å². The van der Waals surface area contributed by atoms with Crippen LogP contribution in [-0.2, 0) is 10.2 Å². The van der Waals surface area contributed by atoms with Crippen molar-refractivity contribution in [1.82, 2.24) is 0 Å². The molecule has 0 unspecified atom stereocenters. The second-order valence-corrected chi connectivity index (χ2v) is 10.2. The van der Waals surface area contributed by atoms with Gasteiger partial charge in [-0.15, -0.1) is 0 Å². The van der Waals surface area contributed by atoms with Crippen molar-refractivity contribution in [3.63, 3.8) is 0 Å². The van der Waals surface area contributed by atoms with Gasteiger partial charge in [0.1, 0.15) is 17.1 Å². The first kappa shape index (κ1) is 22.7. The topological polar surface area (TPSA) is 55.8 Å². The number of methoxy groups -OCH3 is 1. The lowest BCUT2D eigenvalue weighted by Gasteiger charge is -2.47. The van der Waals surface area contributed by atoms with E-state index < -0.39 is 5.97 Å². The average Bonchev–Trinajstić information content (AvgIpc) is 2.69. The van der Waals surface area contributed by atoms with Crippen LogP contribution in [0.15, 0.2) is 23.8 Å². The Kier molecular flexibility index (Phi) is 6.54. The number of aliphatic carboxylic acids is 1. The minimum Gasteiger partial charge on any atom is -0.496 e. The summed E-state index contributed by atoms with van der Waals surface area (Å²) in [7, 11) is 1.71. The molecule has 30 heavy (non-hydrogen) atoms. The molecule has 1 aliphatic carbocycles. The highest BCUT2D eigenvalue weighted by Crippen LogP contribution is 2.55. The molecule has 1 aromatic carbocycles. The van der Waals surface area contributed by atoms with Crippen LogP contribution in [-0.4, -0.2) is 23.8 Å². The molecule has 0 amide bonds. The molecule has 3 rings (SSSR count). The maximum absolute atomic E-state index is 11.7. The Balaban J connectivity index is 2.00. The van der Waals surface area contributed by atoms with Gasteiger partial charge in [-0.3, -0.25) is 0 Å². The van der Waals surface area contributed by atoms with Gasteiger partial charge in [-0.25, -0.2) is 4.79 Å². The van der Waals surface area contributed by atoms with E-state index in [0.29, 0.717) is 18.4 Å². The summed E-state index contributed by atoms with van der Waals surface area (Å²) in [6.45, 7) is 11.1. The van der Waals surface area contributed by atoms with Crippen molar-refractivity contribution in [3.05, 3.63) is 34.9 Å². The van der Waals surface area contributed by atoms with Crippen LogP contribution in [0.3, 0.4) is 0 Å². The molecule has 4 nitrogen and oxygen atoms in total. The summed E-state index contributed by atoms with van der Waals surface area (Å²) in [6.07, 6.45) is 9.23. The van der Waals surface area contributed by atoms with Crippen molar-refractivity contribution in [1.29, 1.82) is 0 Å². The second-order valence-electron chi connectivity index (χ2n) is 10.2. The van der Waals surface area contributed by atoms with Gasteiger partial charge in [-0.05, 0) is 56.2 Å². The van der Waals surface area contributed by atoms with E-state index in [0.717, 1.165) is 23.5 Å². The molecular formula is C26H38O4. The first-order chi connectivity index (χ1) is 14.1. The summed E-state index contributed by atoms with van der Waals surface area (Å²) in [6, 6.07) is 4.35. The maximum Gasteiger partial charge on any atom is 0.331 e. The normalized spacial score (nSPS) is 22.4. The van der Waals surface area contributed by atoms with Gasteiger partial charge >= 0.3 is 5.97 Å². The maximum atomic E-state index is 11.7. The predicted molar refractivity (Wildman–Crippen MR) is 121 cm³/mol. The number of rotatable bonds is 8. The summed E-state index contributed by atoms with van der Waals surface area (Å²) >= 11 is 0. The van der Waals surface area contributed by atoms with Gasteiger partial charge in [-0.1, -0.05) is 52.5 Å². The first-order valence-corrected chi connectivity index (χ1v) is 11.4. The molecule has 166 valence electrons. The number of benzene rings is 1. The number of carboxylic acids is 1. The van der Waals surface area contributed by atoms with Gasteiger partial charge in [0.15, 0.2) is 0 Å². The van der Waals surface area contributed by atoms with Crippen LogP contribution in [0.2, 0.25) is 0 Å². The molecule has 1 aliphatic heterocycles. The lowest BCUT2D eigenvalue weighted by molar-refractivity contribution is -0.133. The number of unbranched alkanes of at least 4 members (excludes halogenated alkanes) is 3. The third-order valence-corrected chi connectivity index (χ3v) is 7.22. The third-order valence-electron chi connectivity index (χ3n) is 7.22. The highest BCUT2D eigenvalue weighted by atomic mass is 16.5. The second kappa shape index (κ2) is 8.64. The molecule has 0 radical (unpaired) electrons.